The second kappa shape index (κ2) is 8.89. The van der Waals surface area contributed by atoms with E-state index in [1.807, 2.05) is 6.07 Å². The number of methoxy groups -OCH3 is 2. The van der Waals surface area contributed by atoms with E-state index in [0.29, 0.717) is 22.8 Å². The minimum Gasteiger partial charge on any atom is -0.507 e. The summed E-state index contributed by atoms with van der Waals surface area (Å²) in [5.41, 5.74) is 1.47. The number of aliphatic hydroxyl groups excluding tert-OH is 1. The van der Waals surface area contributed by atoms with Crippen LogP contribution in [-0.2, 0) is 16.1 Å². The Balaban J connectivity index is 1.90. The highest BCUT2D eigenvalue weighted by Gasteiger charge is 2.46. The first-order valence-corrected chi connectivity index (χ1v) is 9.85. The van der Waals surface area contributed by atoms with Gasteiger partial charge in [0.1, 0.15) is 17.3 Å². The van der Waals surface area contributed by atoms with Crippen LogP contribution < -0.4 is 9.47 Å². The molecule has 1 amide bonds. The lowest BCUT2D eigenvalue weighted by Crippen LogP contribution is -2.29. The number of nitrogens with zero attached hydrogens (tertiary/aromatic N) is 3. The third kappa shape index (κ3) is 3.78. The molecule has 3 aromatic rings. The molecule has 1 aliphatic rings. The fraction of sp³-hybridized carbons (Fsp3) is 0.167. The van der Waals surface area contributed by atoms with Gasteiger partial charge in [-0.05, 0) is 48.0 Å². The standard InChI is InChI=1S/C24H21N3O5/c1-31-17-6-7-19(32-2)18(13-17)22(28)20-21(15-8-11-25-12-9-15)27(24(30)23(20)29)14-16-5-3-4-10-26-16/h3-13,21,28H,14H2,1-2H3/b22-20+. The number of carbonyl (C=O) groups excluding carboxylic acids is 2. The van der Waals surface area contributed by atoms with Gasteiger partial charge in [0.2, 0.25) is 0 Å². The van der Waals surface area contributed by atoms with E-state index in [2.05, 4.69) is 9.97 Å². The molecule has 0 spiro atoms. The van der Waals surface area contributed by atoms with Crippen LogP contribution in [0.2, 0.25) is 0 Å². The molecule has 162 valence electrons. The molecule has 1 atom stereocenters. The van der Waals surface area contributed by atoms with Crippen molar-refractivity contribution >= 4 is 17.4 Å². The molecular weight excluding hydrogens is 410 g/mol. The van der Waals surface area contributed by atoms with Crippen molar-refractivity contribution in [1.82, 2.24) is 14.9 Å². The summed E-state index contributed by atoms with van der Waals surface area (Å²) in [4.78, 5) is 35.9. The van der Waals surface area contributed by atoms with Crippen LogP contribution in [-0.4, -0.2) is 45.9 Å². The van der Waals surface area contributed by atoms with Gasteiger partial charge in [-0.1, -0.05) is 6.07 Å². The molecule has 1 aromatic carbocycles. The number of benzene rings is 1. The molecule has 0 aliphatic carbocycles. The molecule has 0 bridgehead atoms. The van der Waals surface area contributed by atoms with Gasteiger partial charge in [-0.25, -0.2) is 0 Å². The van der Waals surface area contributed by atoms with Gasteiger partial charge in [0.05, 0.1) is 43.6 Å². The zero-order valence-electron chi connectivity index (χ0n) is 17.6. The number of hydrogen-bond acceptors (Lipinski definition) is 7. The van der Waals surface area contributed by atoms with E-state index in [1.165, 1.54) is 19.1 Å². The van der Waals surface area contributed by atoms with Crippen LogP contribution in [0.15, 0.2) is 72.7 Å². The number of amides is 1. The SMILES string of the molecule is COc1ccc(OC)c(/C(O)=C2\C(=O)C(=O)N(Cc3ccccn3)C2c2ccncc2)c1. The largest absolute Gasteiger partial charge is 0.507 e. The van der Waals surface area contributed by atoms with E-state index in [0.717, 1.165) is 0 Å². The molecule has 3 heterocycles. The van der Waals surface area contributed by atoms with Crippen molar-refractivity contribution in [3.05, 3.63) is 89.5 Å². The van der Waals surface area contributed by atoms with Crippen molar-refractivity contribution in [2.75, 3.05) is 14.2 Å². The smallest absolute Gasteiger partial charge is 0.296 e. The van der Waals surface area contributed by atoms with E-state index in [4.69, 9.17) is 9.47 Å². The van der Waals surface area contributed by atoms with Gasteiger partial charge >= 0.3 is 0 Å². The Kier molecular flexibility index (Phi) is 5.85. The minimum atomic E-state index is -0.823. The van der Waals surface area contributed by atoms with Crippen molar-refractivity contribution in [3.63, 3.8) is 0 Å². The monoisotopic (exact) mass is 431 g/mol. The van der Waals surface area contributed by atoms with E-state index in [9.17, 15) is 14.7 Å². The average molecular weight is 431 g/mol. The number of likely N-dealkylation sites (tertiary alicyclic amines) is 1. The number of aliphatic hydroxyl groups is 1. The van der Waals surface area contributed by atoms with Crippen molar-refractivity contribution in [2.24, 2.45) is 0 Å². The maximum absolute atomic E-state index is 13.1. The van der Waals surface area contributed by atoms with Gasteiger partial charge < -0.3 is 19.5 Å². The maximum Gasteiger partial charge on any atom is 0.296 e. The van der Waals surface area contributed by atoms with E-state index in [-0.39, 0.29) is 23.4 Å². The Morgan fingerprint density at radius 1 is 1.03 bits per heavy atom. The summed E-state index contributed by atoms with van der Waals surface area (Å²) in [6.45, 7) is 0.102. The van der Waals surface area contributed by atoms with Crippen molar-refractivity contribution in [2.45, 2.75) is 12.6 Å². The zero-order valence-corrected chi connectivity index (χ0v) is 17.6. The number of carbonyl (C=O) groups is 2. The lowest BCUT2D eigenvalue weighted by atomic mass is 9.95. The second-order valence-corrected chi connectivity index (χ2v) is 7.09. The minimum absolute atomic E-state index is 0.0383. The second-order valence-electron chi connectivity index (χ2n) is 7.09. The Morgan fingerprint density at radius 2 is 1.81 bits per heavy atom. The molecule has 8 nitrogen and oxygen atoms in total. The highest BCUT2D eigenvalue weighted by atomic mass is 16.5. The number of Topliss-reactive ketones (excluding diaryl/α,β-unsaturated/α-hetero) is 1. The van der Waals surface area contributed by atoms with Gasteiger partial charge in [0.15, 0.2) is 0 Å². The Morgan fingerprint density at radius 3 is 2.47 bits per heavy atom. The van der Waals surface area contributed by atoms with Crippen LogP contribution in [0.25, 0.3) is 5.76 Å². The van der Waals surface area contributed by atoms with E-state index in [1.54, 1.807) is 61.1 Å². The first-order valence-electron chi connectivity index (χ1n) is 9.85. The summed E-state index contributed by atoms with van der Waals surface area (Å²) in [5, 5.41) is 11.3. The van der Waals surface area contributed by atoms with E-state index < -0.39 is 17.7 Å². The number of aromatic nitrogens is 2. The first kappa shape index (κ1) is 21.0. The van der Waals surface area contributed by atoms with Crippen LogP contribution in [0.3, 0.4) is 0 Å². The normalized spacial score (nSPS) is 17.4. The van der Waals surface area contributed by atoms with E-state index >= 15 is 0 Å². The number of ether oxygens (including phenoxy) is 2. The molecule has 1 aliphatic heterocycles. The molecule has 0 saturated carbocycles. The van der Waals surface area contributed by atoms with Gasteiger partial charge in [0.25, 0.3) is 11.7 Å². The van der Waals surface area contributed by atoms with Crippen LogP contribution in [0, 0.1) is 0 Å². The predicted octanol–water partition coefficient (Wildman–Crippen LogP) is 3.12. The number of hydrogen-bond donors (Lipinski definition) is 1. The summed E-state index contributed by atoms with van der Waals surface area (Å²) in [5.74, 6) is -1.04. The van der Waals surface area contributed by atoms with Gasteiger partial charge in [-0.15, -0.1) is 0 Å². The quantitative estimate of drug-likeness (QED) is 0.363. The molecule has 1 saturated heterocycles. The summed E-state index contributed by atoms with van der Waals surface area (Å²) in [6.07, 6.45) is 4.76. The van der Waals surface area contributed by atoms with Crippen LogP contribution in [0.1, 0.15) is 22.9 Å². The van der Waals surface area contributed by atoms with Crippen molar-refractivity contribution in [1.29, 1.82) is 0 Å². The summed E-state index contributed by atoms with van der Waals surface area (Å²) in [6, 6.07) is 12.8. The van der Waals surface area contributed by atoms with Crippen molar-refractivity contribution in [3.8, 4) is 11.5 Å². The Hall–Kier alpha value is -4.20. The predicted molar refractivity (Wildman–Crippen MR) is 116 cm³/mol. The summed E-state index contributed by atoms with van der Waals surface area (Å²) < 4.78 is 10.6. The topological polar surface area (TPSA) is 102 Å². The molecule has 1 N–H and O–H groups in total. The highest BCUT2D eigenvalue weighted by molar-refractivity contribution is 6.46. The fourth-order valence-corrected chi connectivity index (χ4v) is 3.75. The Bertz CT molecular complexity index is 1180. The Labute approximate surface area is 184 Å². The van der Waals surface area contributed by atoms with Crippen molar-refractivity contribution < 1.29 is 24.2 Å². The van der Waals surface area contributed by atoms with Gasteiger partial charge in [-0.3, -0.25) is 19.6 Å². The van der Waals surface area contributed by atoms with Crippen LogP contribution >= 0.6 is 0 Å². The maximum atomic E-state index is 13.1. The summed E-state index contributed by atoms with van der Waals surface area (Å²) >= 11 is 0. The molecule has 2 aromatic heterocycles. The fourth-order valence-electron chi connectivity index (χ4n) is 3.75. The van der Waals surface area contributed by atoms with Gasteiger partial charge in [0, 0.05) is 18.6 Å². The number of ketones is 1. The third-order valence-electron chi connectivity index (χ3n) is 5.28. The first-order chi connectivity index (χ1) is 15.5. The lowest BCUT2D eigenvalue weighted by Gasteiger charge is -2.25. The average Bonchev–Trinajstić information content (AvgIpc) is 3.09. The van der Waals surface area contributed by atoms with Gasteiger partial charge in [-0.2, -0.15) is 0 Å². The lowest BCUT2D eigenvalue weighted by molar-refractivity contribution is -0.140. The molecule has 0 radical (unpaired) electrons. The summed E-state index contributed by atoms with van der Waals surface area (Å²) in [7, 11) is 2.95. The molecule has 1 unspecified atom stereocenters. The number of pyridine rings is 2. The molecular formula is C24H21N3O5. The molecule has 32 heavy (non-hydrogen) atoms. The highest BCUT2D eigenvalue weighted by Crippen LogP contribution is 2.42. The molecule has 4 rings (SSSR count). The van der Waals surface area contributed by atoms with Crippen LogP contribution in [0.5, 0.6) is 11.5 Å². The zero-order chi connectivity index (χ0) is 22.7. The number of rotatable bonds is 6. The molecule has 8 heteroatoms. The molecule has 1 fully saturated rings. The van der Waals surface area contributed by atoms with Crippen LogP contribution in [0.4, 0.5) is 0 Å². The third-order valence-corrected chi connectivity index (χ3v) is 5.28.